The van der Waals surface area contributed by atoms with Crippen LogP contribution in [0.25, 0.3) is 0 Å². The monoisotopic (exact) mass is 291 g/mol. The minimum atomic E-state index is -0.141. The maximum atomic E-state index is 11.5. The fraction of sp³-hybridized carbons (Fsp3) is 0.562. The van der Waals surface area contributed by atoms with Gasteiger partial charge in [0.15, 0.2) is 0 Å². The maximum absolute atomic E-state index is 11.5. The fourth-order valence-electron chi connectivity index (χ4n) is 2.74. The number of amides is 1. The third kappa shape index (κ3) is 5.36. The van der Waals surface area contributed by atoms with Crippen LogP contribution in [0.5, 0.6) is 0 Å². The molecule has 2 rings (SSSR count). The topological polar surface area (TPSA) is 62.4 Å². The van der Waals surface area contributed by atoms with Gasteiger partial charge in [0.25, 0.3) is 0 Å². The molecule has 0 bridgehead atoms. The second kappa shape index (κ2) is 8.00. The van der Waals surface area contributed by atoms with E-state index in [1.54, 1.807) is 0 Å². The van der Waals surface area contributed by atoms with E-state index in [0.717, 1.165) is 24.3 Å². The molecule has 0 aliphatic carbocycles. The molecule has 0 spiro atoms. The molecular weight excluding hydrogens is 266 g/mol. The number of carbonyl (C=O) groups excluding carboxylic acids is 1. The second-order valence-corrected chi connectivity index (χ2v) is 5.64. The molecule has 1 saturated heterocycles. The molecule has 0 aromatic heterocycles. The molecule has 5 nitrogen and oxygen atoms in total. The third-order valence-electron chi connectivity index (χ3n) is 3.64. The lowest BCUT2D eigenvalue weighted by atomic mass is 10.1. The Morgan fingerprint density at radius 1 is 1.48 bits per heavy atom. The quantitative estimate of drug-likeness (QED) is 0.721. The van der Waals surface area contributed by atoms with Crippen molar-refractivity contribution in [2.75, 3.05) is 30.9 Å². The van der Waals surface area contributed by atoms with Crippen LogP contribution in [0.4, 0.5) is 11.4 Å². The van der Waals surface area contributed by atoms with Gasteiger partial charge in [-0.3, -0.25) is 4.79 Å². The van der Waals surface area contributed by atoms with E-state index in [2.05, 4.69) is 22.9 Å². The minimum Gasteiger partial charge on any atom is -0.382 e. The van der Waals surface area contributed by atoms with E-state index in [0.29, 0.717) is 12.1 Å². The lowest BCUT2D eigenvalue weighted by Crippen LogP contribution is -2.29. The lowest BCUT2D eigenvalue weighted by Gasteiger charge is -2.19. The van der Waals surface area contributed by atoms with Crippen LogP contribution >= 0.6 is 0 Å². The highest BCUT2D eigenvalue weighted by Gasteiger charge is 2.16. The summed E-state index contributed by atoms with van der Waals surface area (Å²) in [4.78, 5) is 11.5. The second-order valence-electron chi connectivity index (χ2n) is 5.64. The van der Waals surface area contributed by atoms with Gasteiger partial charge in [0.05, 0.1) is 0 Å². The molecule has 116 valence electrons. The van der Waals surface area contributed by atoms with Gasteiger partial charge in [-0.05, 0) is 50.9 Å². The van der Waals surface area contributed by atoms with Gasteiger partial charge in [0.2, 0.25) is 5.91 Å². The van der Waals surface area contributed by atoms with E-state index in [1.165, 1.54) is 20.0 Å². The summed E-state index contributed by atoms with van der Waals surface area (Å²) in [6.07, 6.45) is 3.65. The van der Waals surface area contributed by atoms with Gasteiger partial charge in [-0.25, -0.2) is 0 Å². The van der Waals surface area contributed by atoms with E-state index in [-0.39, 0.29) is 12.5 Å². The maximum Gasteiger partial charge on any atom is 0.250 e. The molecule has 1 amide bonds. The summed E-state index contributed by atoms with van der Waals surface area (Å²) in [5, 5.41) is 9.82. The first-order valence-electron chi connectivity index (χ1n) is 7.56. The lowest BCUT2D eigenvalue weighted by molar-refractivity contribution is -0.119. The Hall–Kier alpha value is -1.59. The van der Waals surface area contributed by atoms with Gasteiger partial charge in [-0.15, -0.1) is 0 Å². The zero-order valence-corrected chi connectivity index (χ0v) is 12.8. The van der Waals surface area contributed by atoms with Crippen LogP contribution in [-0.2, 0) is 9.53 Å². The number of benzene rings is 1. The summed E-state index contributed by atoms with van der Waals surface area (Å²) in [7, 11) is 1.51. The van der Waals surface area contributed by atoms with Crippen molar-refractivity contribution in [2.24, 2.45) is 0 Å². The van der Waals surface area contributed by atoms with Gasteiger partial charge in [-0.1, -0.05) is 6.07 Å². The summed E-state index contributed by atoms with van der Waals surface area (Å²) < 4.78 is 4.81. The van der Waals surface area contributed by atoms with E-state index < -0.39 is 0 Å². The summed E-state index contributed by atoms with van der Waals surface area (Å²) in [5.74, 6) is -0.141. The predicted octanol–water partition coefficient (Wildman–Crippen LogP) is 2.21. The predicted molar refractivity (Wildman–Crippen MR) is 85.7 cm³/mol. The molecule has 0 saturated carbocycles. The van der Waals surface area contributed by atoms with E-state index in [9.17, 15) is 4.79 Å². The molecule has 3 N–H and O–H groups in total. The van der Waals surface area contributed by atoms with Crippen molar-refractivity contribution in [1.82, 2.24) is 5.32 Å². The Labute approximate surface area is 126 Å². The standard InChI is InChI=1S/C16H25N3O2/c1-12(9-13-7-4-8-17-13)18-14-5-3-6-15(10-14)19-16(20)11-21-2/h3,5-6,10,12-13,17-18H,4,7-9,11H2,1-2H3,(H,19,20). The van der Waals surface area contributed by atoms with E-state index in [1.807, 2.05) is 24.3 Å². The van der Waals surface area contributed by atoms with E-state index >= 15 is 0 Å². The molecule has 1 heterocycles. The van der Waals surface area contributed by atoms with Crippen molar-refractivity contribution in [3.8, 4) is 0 Å². The summed E-state index contributed by atoms with van der Waals surface area (Å²) >= 11 is 0. The first kappa shape index (κ1) is 15.8. The minimum absolute atomic E-state index is 0.0708. The van der Waals surface area contributed by atoms with Crippen molar-refractivity contribution in [3.05, 3.63) is 24.3 Å². The average Bonchev–Trinajstić information content (AvgIpc) is 2.92. The largest absolute Gasteiger partial charge is 0.382 e. The van der Waals surface area contributed by atoms with Gasteiger partial charge in [0.1, 0.15) is 6.61 Å². The summed E-state index contributed by atoms with van der Waals surface area (Å²) in [5.41, 5.74) is 1.81. The van der Waals surface area contributed by atoms with Crippen molar-refractivity contribution < 1.29 is 9.53 Å². The van der Waals surface area contributed by atoms with Crippen molar-refractivity contribution in [3.63, 3.8) is 0 Å². The Morgan fingerprint density at radius 3 is 3.00 bits per heavy atom. The number of hydrogen-bond acceptors (Lipinski definition) is 4. The number of nitrogens with one attached hydrogen (secondary N) is 3. The number of hydrogen-bond donors (Lipinski definition) is 3. The van der Waals surface area contributed by atoms with Gasteiger partial charge >= 0.3 is 0 Å². The average molecular weight is 291 g/mol. The molecule has 1 aliphatic heterocycles. The van der Waals surface area contributed by atoms with Crippen LogP contribution in [0.15, 0.2) is 24.3 Å². The van der Waals surface area contributed by atoms with Gasteiger partial charge in [-0.2, -0.15) is 0 Å². The van der Waals surface area contributed by atoms with Gasteiger partial charge < -0.3 is 20.7 Å². The van der Waals surface area contributed by atoms with Crippen molar-refractivity contribution in [2.45, 2.75) is 38.3 Å². The molecule has 21 heavy (non-hydrogen) atoms. The van der Waals surface area contributed by atoms with Crippen LogP contribution in [0.2, 0.25) is 0 Å². The number of carbonyl (C=O) groups is 1. The Balaban J connectivity index is 1.86. The number of anilines is 2. The van der Waals surface area contributed by atoms with Crippen LogP contribution in [-0.4, -0.2) is 38.3 Å². The van der Waals surface area contributed by atoms with Crippen LogP contribution in [0.1, 0.15) is 26.2 Å². The highest BCUT2D eigenvalue weighted by Crippen LogP contribution is 2.18. The highest BCUT2D eigenvalue weighted by atomic mass is 16.5. The number of methoxy groups -OCH3 is 1. The molecule has 1 aliphatic rings. The molecule has 1 aromatic rings. The number of ether oxygens (including phenoxy) is 1. The van der Waals surface area contributed by atoms with Crippen LogP contribution in [0, 0.1) is 0 Å². The van der Waals surface area contributed by atoms with Crippen molar-refractivity contribution >= 4 is 17.3 Å². The number of rotatable bonds is 7. The molecule has 1 fully saturated rings. The van der Waals surface area contributed by atoms with Crippen molar-refractivity contribution in [1.29, 1.82) is 0 Å². The molecule has 2 unspecified atom stereocenters. The Morgan fingerprint density at radius 2 is 2.29 bits per heavy atom. The summed E-state index contributed by atoms with van der Waals surface area (Å²) in [6.45, 7) is 3.40. The zero-order valence-electron chi connectivity index (χ0n) is 12.8. The highest BCUT2D eigenvalue weighted by molar-refractivity contribution is 5.92. The van der Waals surface area contributed by atoms with Gasteiger partial charge in [0, 0.05) is 30.6 Å². The zero-order chi connectivity index (χ0) is 15.1. The first-order chi connectivity index (χ1) is 10.2. The Bertz CT molecular complexity index is 459. The fourth-order valence-corrected chi connectivity index (χ4v) is 2.74. The molecule has 0 radical (unpaired) electrons. The molecule has 5 heteroatoms. The normalized spacial score (nSPS) is 19.2. The molecule has 2 atom stereocenters. The van der Waals surface area contributed by atoms with E-state index in [4.69, 9.17) is 4.74 Å². The summed E-state index contributed by atoms with van der Waals surface area (Å²) in [6, 6.07) is 8.80. The smallest absolute Gasteiger partial charge is 0.250 e. The first-order valence-corrected chi connectivity index (χ1v) is 7.56. The Kier molecular flexibility index (Phi) is 6.02. The van der Waals surface area contributed by atoms with Crippen LogP contribution < -0.4 is 16.0 Å². The molecular formula is C16H25N3O2. The van der Waals surface area contributed by atoms with Crippen LogP contribution in [0.3, 0.4) is 0 Å². The SMILES string of the molecule is COCC(=O)Nc1cccc(NC(C)CC2CCCN2)c1. The molecule has 1 aromatic carbocycles. The third-order valence-corrected chi connectivity index (χ3v) is 3.64.